The van der Waals surface area contributed by atoms with E-state index in [1.807, 2.05) is 19.9 Å². The zero-order valence-electron chi connectivity index (χ0n) is 10.3. The van der Waals surface area contributed by atoms with Gasteiger partial charge in [-0.15, -0.1) is 0 Å². The molecule has 0 aliphatic rings. The minimum atomic E-state index is -0.980. The largest absolute Gasteiger partial charge is 0.323 e. The molecular weight excluding hydrogens is 363 g/mol. The van der Waals surface area contributed by atoms with Crippen molar-refractivity contribution in [1.29, 1.82) is 5.26 Å². The summed E-state index contributed by atoms with van der Waals surface area (Å²) >= 11 is 8.20. The Morgan fingerprint density at radius 2 is 2.11 bits per heavy atom. The minimum absolute atomic E-state index is 0.293. The number of nitrogens with zero attached hydrogens (tertiary/aromatic N) is 1. The SMILES string of the molecule is CCC(C#N)(CC)C(=O)Nc1ccc(I)cc1Cl. The molecule has 0 aliphatic carbocycles. The average Bonchev–Trinajstić information content (AvgIpc) is 2.36. The van der Waals surface area contributed by atoms with Crippen LogP contribution in [0.3, 0.4) is 0 Å². The Morgan fingerprint density at radius 1 is 1.50 bits per heavy atom. The van der Waals surface area contributed by atoms with Crippen molar-refractivity contribution in [2.75, 3.05) is 5.32 Å². The maximum absolute atomic E-state index is 12.2. The summed E-state index contributed by atoms with van der Waals surface area (Å²) < 4.78 is 0.994. The van der Waals surface area contributed by atoms with Crippen LogP contribution in [0.1, 0.15) is 26.7 Å². The number of benzene rings is 1. The van der Waals surface area contributed by atoms with E-state index >= 15 is 0 Å². The highest BCUT2D eigenvalue weighted by atomic mass is 127. The number of amides is 1. The monoisotopic (exact) mass is 376 g/mol. The van der Waals surface area contributed by atoms with E-state index in [0.717, 1.165) is 3.57 Å². The second-order valence-electron chi connectivity index (χ2n) is 3.98. The molecule has 1 amide bonds. The predicted molar refractivity (Wildman–Crippen MR) is 81.4 cm³/mol. The number of nitrogens with one attached hydrogen (secondary N) is 1. The number of nitriles is 1. The second kappa shape index (κ2) is 6.39. The maximum Gasteiger partial charge on any atom is 0.244 e. The number of halogens is 2. The Balaban J connectivity index is 2.97. The molecule has 0 spiro atoms. The smallest absolute Gasteiger partial charge is 0.244 e. The lowest BCUT2D eigenvalue weighted by Gasteiger charge is -2.22. The summed E-state index contributed by atoms with van der Waals surface area (Å²) in [6.07, 6.45) is 0.960. The Labute approximate surface area is 126 Å². The van der Waals surface area contributed by atoms with E-state index in [2.05, 4.69) is 34.0 Å². The number of hydrogen-bond acceptors (Lipinski definition) is 2. The quantitative estimate of drug-likeness (QED) is 0.800. The molecule has 0 aromatic heterocycles. The molecule has 1 aromatic rings. The number of hydrogen-bond donors (Lipinski definition) is 1. The van der Waals surface area contributed by atoms with Gasteiger partial charge in [-0.1, -0.05) is 25.4 Å². The third kappa shape index (κ3) is 3.15. The van der Waals surface area contributed by atoms with Crippen LogP contribution in [-0.2, 0) is 4.79 Å². The van der Waals surface area contributed by atoms with Crippen LogP contribution in [0, 0.1) is 20.3 Å². The lowest BCUT2D eigenvalue weighted by molar-refractivity contribution is -0.123. The van der Waals surface area contributed by atoms with E-state index in [-0.39, 0.29) is 5.91 Å². The fraction of sp³-hybridized carbons (Fsp3) is 0.385. The van der Waals surface area contributed by atoms with Crippen LogP contribution in [-0.4, -0.2) is 5.91 Å². The Kier molecular flexibility index (Phi) is 5.42. The fourth-order valence-corrected chi connectivity index (χ4v) is 2.52. The standard InChI is InChI=1S/C13H14ClIN2O/c1-3-13(4-2,8-16)12(18)17-11-6-5-9(15)7-10(11)14/h5-7H,3-4H2,1-2H3,(H,17,18). The molecular formula is C13H14ClIN2O. The number of carbonyl (C=O) groups is 1. The zero-order chi connectivity index (χ0) is 13.8. The third-order valence-electron chi connectivity index (χ3n) is 3.04. The van der Waals surface area contributed by atoms with Gasteiger partial charge < -0.3 is 5.32 Å². The number of rotatable bonds is 4. The van der Waals surface area contributed by atoms with Crippen molar-refractivity contribution >= 4 is 45.8 Å². The van der Waals surface area contributed by atoms with Gasteiger partial charge in [0.15, 0.2) is 0 Å². The molecule has 0 unspecified atom stereocenters. The van der Waals surface area contributed by atoms with Gasteiger partial charge in [0.25, 0.3) is 0 Å². The first kappa shape index (κ1) is 15.3. The normalized spacial score (nSPS) is 10.8. The van der Waals surface area contributed by atoms with Gasteiger partial charge in [0.2, 0.25) is 5.91 Å². The van der Waals surface area contributed by atoms with Gasteiger partial charge in [-0.25, -0.2) is 0 Å². The van der Waals surface area contributed by atoms with Crippen LogP contribution in [0.4, 0.5) is 5.69 Å². The molecule has 0 fully saturated rings. The van der Waals surface area contributed by atoms with Crippen molar-refractivity contribution in [2.24, 2.45) is 5.41 Å². The third-order valence-corrected chi connectivity index (χ3v) is 4.02. The van der Waals surface area contributed by atoms with Crippen LogP contribution in [0.5, 0.6) is 0 Å². The Bertz CT molecular complexity index is 492. The van der Waals surface area contributed by atoms with Gasteiger partial charge >= 0.3 is 0 Å². The molecule has 0 saturated heterocycles. The highest BCUT2D eigenvalue weighted by Gasteiger charge is 2.35. The topological polar surface area (TPSA) is 52.9 Å². The maximum atomic E-state index is 12.2. The van der Waals surface area contributed by atoms with E-state index in [9.17, 15) is 10.1 Å². The summed E-state index contributed by atoms with van der Waals surface area (Å²) in [6.45, 7) is 3.67. The van der Waals surface area contributed by atoms with Crippen molar-refractivity contribution < 1.29 is 4.79 Å². The average molecular weight is 377 g/mol. The van der Waals surface area contributed by atoms with E-state index in [1.54, 1.807) is 12.1 Å². The van der Waals surface area contributed by atoms with Crippen LogP contribution < -0.4 is 5.32 Å². The molecule has 1 rings (SSSR count). The fourth-order valence-electron chi connectivity index (χ4n) is 1.61. The van der Waals surface area contributed by atoms with Gasteiger partial charge in [-0.3, -0.25) is 4.79 Å². The van der Waals surface area contributed by atoms with Gasteiger partial charge in [0, 0.05) is 3.57 Å². The van der Waals surface area contributed by atoms with E-state index in [0.29, 0.717) is 23.6 Å². The molecule has 0 heterocycles. The lowest BCUT2D eigenvalue weighted by Crippen LogP contribution is -2.34. The first-order valence-electron chi connectivity index (χ1n) is 5.67. The molecule has 18 heavy (non-hydrogen) atoms. The van der Waals surface area contributed by atoms with Gasteiger partial charge in [0.05, 0.1) is 16.8 Å². The van der Waals surface area contributed by atoms with Crippen LogP contribution >= 0.6 is 34.2 Å². The Hall–Kier alpha value is -0.800. The molecule has 5 heteroatoms. The highest BCUT2D eigenvalue weighted by Crippen LogP contribution is 2.30. The molecule has 0 saturated carbocycles. The summed E-state index contributed by atoms with van der Waals surface area (Å²) in [6, 6.07) is 7.48. The molecule has 1 aromatic carbocycles. The summed E-state index contributed by atoms with van der Waals surface area (Å²) in [5, 5.41) is 12.4. The van der Waals surface area contributed by atoms with E-state index in [4.69, 9.17) is 11.6 Å². The first-order valence-corrected chi connectivity index (χ1v) is 7.12. The zero-order valence-corrected chi connectivity index (χ0v) is 13.2. The summed E-state index contributed by atoms with van der Waals surface area (Å²) in [7, 11) is 0. The van der Waals surface area contributed by atoms with Crippen molar-refractivity contribution in [3.63, 3.8) is 0 Å². The molecule has 0 bridgehead atoms. The predicted octanol–water partition coefficient (Wildman–Crippen LogP) is 4.21. The summed E-state index contributed by atoms with van der Waals surface area (Å²) in [4.78, 5) is 12.2. The second-order valence-corrected chi connectivity index (χ2v) is 5.63. The van der Waals surface area contributed by atoms with Crippen LogP contribution in [0.15, 0.2) is 18.2 Å². The van der Waals surface area contributed by atoms with Gasteiger partial charge in [-0.05, 0) is 53.6 Å². The van der Waals surface area contributed by atoms with Crippen molar-refractivity contribution in [2.45, 2.75) is 26.7 Å². The molecule has 0 atom stereocenters. The molecule has 0 radical (unpaired) electrons. The van der Waals surface area contributed by atoms with Crippen molar-refractivity contribution in [3.05, 3.63) is 26.8 Å². The number of carbonyl (C=O) groups excluding carboxylic acids is 1. The summed E-state index contributed by atoms with van der Waals surface area (Å²) in [5.74, 6) is -0.293. The molecule has 1 N–H and O–H groups in total. The molecule has 0 aliphatic heterocycles. The van der Waals surface area contributed by atoms with Gasteiger partial charge in [0.1, 0.15) is 5.41 Å². The number of anilines is 1. The van der Waals surface area contributed by atoms with E-state index in [1.165, 1.54) is 0 Å². The van der Waals surface area contributed by atoms with Gasteiger partial charge in [-0.2, -0.15) is 5.26 Å². The minimum Gasteiger partial charge on any atom is -0.323 e. The van der Waals surface area contributed by atoms with Crippen LogP contribution in [0.2, 0.25) is 5.02 Å². The Morgan fingerprint density at radius 3 is 2.56 bits per heavy atom. The van der Waals surface area contributed by atoms with Crippen LogP contribution in [0.25, 0.3) is 0 Å². The molecule has 3 nitrogen and oxygen atoms in total. The van der Waals surface area contributed by atoms with Crippen molar-refractivity contribution in [1.82, 2.24) is 0 Å². The molecule has 96 valence electrons. The highest BCUT2D eigenvalue weighted by molar-refractivity contribution is 14.1. The van der Waals surface area contributed by atoms with E-state index < -0.39 is 5.41 Å². The van der Waals surface area contributed by atoms with Crippen molar-refractivity contribution in [3.8, 4) is 6.07 Å². The lowest BCUT2D eigenvalue weighted by atomic mass is 9.83. The first-order chi connectivity index (χ1) is 8.49. The summed E-state index contributed by atoms with van der Waals surface area (Å²) in [5.41, 5.74) is -0.435.